The Morgan fingerprint density at radius 1 is 1.30 bits per heavy atom. The van der Waals surface area contributed by atoms with Crippen LogP contribution in [0.3, 0.4) is 0 Å². The van der Waals surface area contributed by atoms with Gasteiger partial charge in [-0.1, -0.05) is 6.07 Å². The van der Waals surface area contributed by atoms with Crippen molar-refractivity contribution in [2.75, 3.05) is 31.2 Å². The number of nitrogens with zero attached hydrogens (tertiary/aromatic N) is 2. The molecule has 2 amide bonds. The van der Waals surface area contributed by atoms with Crippen molar-refractivity contribution in [1.82, 2.24) is 5.32 Å². The van der Waals surface area contributed by atoms with Crippen LogP contribution < -0.4 is 10.2 Å². The fourth-order valence-electron chi connectivity index (χ4n) is 2.42. The standard InChI is InChI=1S/C14H13N3O5S/c18-13-12(23-14(19)15-13)8-9-1-2-10(11(7-9)17(20)21)16-3-5-22-6-4-16/h1-2,7-8H,3-6H2,(H,15,18,19)/b12-8-. The minimum atomic E-state index is -0.486. The summed E-state index contributed by atoms with van der Waals surface area (Å²) in [4.78, 5) is 35.7. The second kappa shape index (κ2) is 6.39. The molecule has 0 unspecified atom stereocenters. The SMILES string of the molecule is O=C1NC(=O)/C(=C/c2ccc(N3CCOCC3)c([N+](=O)[O-])c2)S1. The molecule has 2 heterocycles. The lowest BCUT2D eigenvalue weighted by Crippen LogP contribution is -2.36. The zero-order valence-corrected chi connectivity index (χ0v) is 12.8. The lowest BCUT2D eigenvalue weighted by Gasteiger charge is -2.28. The zero-order chi connectivity index (χ0) is 16.4. The number of ether oxygens (including phenoxy) is 1. The van der Waals surface area contributed by atoms with Gasteiger partial charge in [-0.2, -0.15) is 0 Å². The third-order valence-corrected chi connectivity index (χ3v) is 4.30. The average Bonchev–Trinajstić information content (AvgIpc) is 2.85. The van der Waals surface area contributed by atoms with Crippen LogP contribution in [0.1, 0.15) is 5.56 Å². The largest absolute Gasteiger partial charge is 0.378 e. The summed E-state index contributed by atoms with van der Waals surface area (Å²) < 4.78 is 5.26. The van der Waals surface area contributed by atoms with E-state index in [1.54, 1.807) is 12.1 Å². The molecule has 0 spiro atoms. The second-order valence-electron chi connectivity index (χ2n) is 4.96. The number of thioether (sulfide) groups is 1. The van der Waals surface area contributed by atoms with Gasteiger partial charge in [-0.25, -0.2) is 0 Å². The first-order valence-electron chi connectivity index (χ1n) is 6.90. The predicted molar refractivity (Wildman–Crippen MR) is 85.2 cm³/mol. The summed E-state index contributed by atoms with van der Waals surface area (Å²) in [6.45, 7) is 2.24. The molecular formula is C14H13N3O5S. The molecular weight excluding hydrogens is 322 g/mol. The maximum atomic E-state index is 11.5. The van der Waals surface area contributed by atoms with E-state index in [0.29, 0.717) is 37.6 Å². The van der Waals surface area contributed by atoms with E-state index in [9.17, 15) is 19.7 Å². The van der Waals surface area contributed by atoms with E-state index in [1.807, 2.05) is 4.90 Å². The van der Waals surface area contributed by atoms with E-state index in [1.165, 1.54) is 12.1 Å². The maximum Gasteiger partial charge on any atom is 0.293 e. The Bertz CT molecular complexity index is 712. The lowest BCUT2D eigenvalue weighted by atomic mass is 10.1. The molecule has 8 nitrogen and oxygen atoms in total. The summed E-state index contributed by atoms with van der Waals surface area (Å²) in [5.41, 5.74) is 0.997. The highest BCUT2D eigenvalue weighted by molar-refractivity contribution is 8.18. The molecule has 120 valence electrons. The molecule has 0 bridgehead atoms. The molecule has 2 aliphatic rings. The Hall–Kier alpha value is -2.39. The first-order valence-corrected chi connectivity index (χ1v) is 7.72. The maximum absolute atomic E-state index is 11.5. The van der Waals surface area contributed by atoms with Crippen molar-refractivity contribution in [1.29, 1.82) is 0 Å². The summed E-state index contributed by atoms with van der Waals surface area (Å²) in [5.74, 6) is -0.486. The van der Waals surface area contributed by atoms with Gasteiger partial charge in [-0.3, -0.25) is 25.0 Å². The highest BCUT2D eigenvalue weighted by atomic mass is 32.2. The lowest BCUT2D eigenvalue weighted by molar-refractivity contribution is -0.384. The Morgan fingerprint density at radius 2 is 2.04 bits per heavy atom. The van der Waals surface area contributed by atoms with Crippen LogP contribution >= 0.6 is 11.8 Å². The van der Waals surface area contributed by atoms with Crippen LogP contribution in [0.2, 0.25) is 0 Å². The molecule has 1 aromatic rings. The number of anilines is 1. The van der Waals surface area contributed by atoms with E-state index in [-0.39, 0.29) is 10.6 Å². The number of nitro groups is 1. The van der Waals surface area contributed by atoms with Crippen molar-refractivity contribution < 1.29 is 19.2 Å². The number of hydrogen-bond acceptors (Lipinski definition) is 7. The first kappa shape index (κ1) is 15.5. The van der Waals surface area contributed by atoms with E-state index in [4.69, 9.17) is 4.74 Å². The molecule has 1 N–H and O–H groups in total. The van der Waals surface area contributed by atoms with E-state index >= 15 is 0 Å². The number of carbonyl (C=O) groups is 2. The molecule has 23 heavy (non-hydrogen) atoms. The summed E-state index contributed by atoms with van der Waals surface area (Å²) >= 11 is 0.780. The smallest absolute Gasteiger partial charge is 0.293 e. The van der Waals surface area contributed by atoms with Gasteiger partial charge in [0.1, 0.15) is 5.69 Å². The van der Waals surface area contributed by atoms with Crippen LogP contribution in [-0.4, -0.2) is 42.4 Å². The minimum absolute atomic E-state index is 0.0315. The van der Waals surface area contributed by atoms with Crippen LogP contribution in [0.25, 0.3) is 6.08 Å². The predicted octanol–water partition coefficient (Wildman–Crippen LogP) is 1.76. The minimum Gasteiger partial charge on any atom is -0.378 e. The van der Waals surface area contributed by atoms with Gasteiger partial charge in [-0.05, 0) is 29.5 Å². The van der Waals surface area contributed by atoms with Gasteiger partial charge in [0.2, 0.25) is 0 Å². The summed E-state index contributed by atoms with van der Waals surface area (Å²) in [5, 5.41) is 13.1. The normalized spacial score (nSPS) is 20.0. The van der Waals surface area contributed by atoms with Gasteiger partial charge in [0.15, 0.2) is 0 Å². The average molecular weight is 335 g/mol. The third kappa shape index (κ3) is 3.35. The molecule has 2 saturated heterocycles. The summed E-state index contributed by atoms with van der Waals surface area (Å²) in [6, 6.07) is 4.77. The van der Waals surface area contributed by atoms with Gasteiger partial charge in [-0.15, -0.1) is 0 Å². The van der Waals surface area contributed by atoms with Crippen molar-refractivity contribution in [3.05, 3.63) is 38.8 Å². The van der Waals surface area contributed by atoms with E-state index < -0.39 is 16.1 Å². The monoisotopic (exact) mass is 335 g/mol. The Balaban J connectivity index is 1.93. The van der Waals surface area contributed by atoms with Gasteiger partial charge in [0.05, 0.1) is 23.0 Å². The molecule has 0 atom stereocenters. The number of nitro benzene ring substituents is 1. The number of nitrogens with one attached hydrogen (secondary N) is 1. The topological polar surface area (TPSA) is 102 Å². The van der Waals surface area contributed by atoms with Crippen molar-refractivity contribution >= 4 is 40.4 Å². The van der Waals surface area contributed by atoms with Crippen LogP contribution in [0.15, 0.2) is 23.1 Å². The highest BCUT2D eigenvalue weighted by Gasteiger charge is 2.26. The number of amides is 2. The fourth-order valence-corrected chi connectivity index (χ4v) is 3.10. The molecule has 1 aromatic carbocycles. The van der Waals surface area contributed by atoms with Gasteiger partial charge >= 0.3 is 0 Å². The number of morpholine rings is 1. The molecule has 2 aliphatic heterocycles. The van der Waals surface area contributed by atoms with Crippen molar-refractivity contribution in [2.45, 2.75) is 0 Å². The van der Waals surface area contributed by atoms with Crippen LogP contribution in [0, 0.1) is 10.1 Å². The number of hydrogen-bond donors (Lipinski definition) is 1. The van der Waals surface area contributed by atoms with Gasteiger partial charge in [0, 0.05) is 19.2 Å². The van der Waals surface area contributed by atoms with E-state index in [0.717, 1.165) is 11.8 Å². The quantitative estimate of drug-likeness (QED) is 0.510. The Labute approximate surface area is 135 Å². The van der Waals surface area contributed by atoms with Crippen molar-refractivity contribution in [3.8, 4) is 0 Å². The molecule has 3 rings (SSSR count). The zero-order valence-electron chi connectivity index (χ0n) is 12.0. The number of imide groups is 1. The molecule has 0 radical (unpaired) electrons. The van der Waals surface area contributed by atoms with Crippen molar-refractivity contribution in [2.24, 2.45) is 0 Å². The number of carbonyl (C=O) groups excluding carboxylic acids is 2. The first-order chi connectivity index (χ1) is 11.0. The summed E-state index contributed by atoms with van der Waals surface area (Å²) in [7, 11) is 0. The molecule has 0 aromatic heterocycles. The highest BCUT2D eigenvalue weighted by Crippen LogP contribution is 2.32. The Kier molecular flexibility index (Phi) is 4.30. The second-order valence-corrected chi connectivity index (χ2v) is 5.97. The van der Waals surface area contributed by atoms with Crippen LogP contribution in [0.4, 0.5) is 16.2 Å². The molecule has 2 fully saturated rings. The van der Waals surface area contributed by atoms with E-state index in [2.05, 4.69) is 5.32 Å². The molecule has 0 saturated carbocycles. The van der Waals surface area contributed by atoms with Gasteiger partial charge < -0.3 is 9.64 Å². The van der Waals surface area contributed by atoms with Crippen LogP contribution in [0.5, 0.6) is 0 Å². The molecule has 0 aliphatic carbocycles. The summed E-state index contributed by atoms with van der Waals surface area (Å²) in [6.07, 6.45) is 1.47. The number of rotatable bonds is 3. The number of benzene rings is 1. The van der Waals surface area contributed by atoms with Crippen molar-refractivity contribution in [3.63, 3.8) is 0 Å². The van der Waals surface area contributed by atoms with Crippen LogP contribution in [-0.2, 0) is 9.53 Å². The fraction of sp³-hybridized carbons (Fsp3) is 0.286. The Morgan fingerprint density at radius 3 is 2.65 bits per heavy atom. The van der Waals surface area contributed by atoms with Gasteiger partial charge in [0.25, 0.3) is 16.8 Å². The third-order valence-electron chi connectivity index (χ3n) is 3.49. The molecule has 9 heteroatoms.